The first-order chi connectivity index (χ1) is 5.18. The second-order valence-electron chi connectivity index (χ2n) is 3.61. The first kappa shape index (κ1) is 8.55. The lowest BCUT2D eigenvalue weighted by atomic mass is 9.71. The maximum atomic E-state index is 8.82. The molecule has 0 aromatic carbocycles. The van der Waals surface area contributed by atoms with E-state index in [1.807, 2.05) is 13.8 Å². The van der Waals surface area contributed by atoms with Gasteiger partial charge in [-0.1, -0.05) is 6.42 Å². The Hall–Kier alpha value is -0.550. The van der Waals surface area contributed by atoms with Crippen molar-refractivity contribution >= 4 is 0 Å². The van der Waals surface area contributed by atoms with Crippen LogP contribution in [0.1, 0.15) is 33.1 Å². The summed E-state index contributed by atoms with van der Waals surface area (Å²) < 4.78 is 5.42. The smallest absolute Gasteiger partial charge is 0.0807 e. The molecule has 0 aromatic rings. The standard InChI is InChI=1S/C9H15NO/c1-8(2)11-7-9(6-10)4-3-5-9/h8H,3-5,7H2,1-2H3. The molecule has 2 heteroatoms. The van der Waals surface area contributed by atoms with Crippen LogP contribution in [0.4, 0.5) is 0 Å². The van der Waals surface area contributed by atoms with Gasteiger partial charge in [-0.2, -0.15) is 5.26 Å². The van der Waals surface area contributed by atoms with E-state index in [9.17, 15) is 0 Å². The molecule has 0 spiro atoms. The maximum Gasteiger partial charge on any atom is 0.0807 e. The van der Waals surface area contributed by atoms with Gasteiger partial charge < -0.3 is 4.74 Å². The van der Waals surface area contributed by atoms with Crippen LogP contribution in [-0.2, 0) is 4.74 Å². The molecule has 1 aliphatic rings. The van der Waals surface area contributed by atoms with E-state index in [1.165, 1.54) is 6.42 Å². The van der Waals surface area contributed by atoms with Gasteiger partial charge in [-0.05, 0) is 26.7 Å². The van der Waals surface area contributed by atoms with E-state index >= 15 is 0 Å². The monoisotopic (exact) mass is 153 g/mol. The van der Waals surface area contributed by atoms with Crippen molar-refractivity contribution in [1.82, 2.24) is 0 Å². The Kier molecular flexibility index (Phi) is 2.51. The van der Waals surface area contributed by atoms with Crippen LogP contribution in [0.3, 0.4) is 0 Å². The summed E-state index contributed by atoms with van der Waals surface area (Å²) in [5.41, 5.74) is -0.121. The van der Waals surface area contributed by atoms with Gasteiger partial charge in [-0.15, -0.1) is 0 Å². The lowest BCUT2D eigenvalue weighted by molar-refractivity contribution is -0.00188. The number of nitriles is 1. The molecule has 0 atom stereocenters. The molecular formula is C9H15NO. The minimum atomic E-state index is -0.121. The fraction of sp³-hybridized carbons (Fsp3) is 0.889. The molecule has 0 heterocycles. The van der Waals surface area contributed by atoms with Gasteiger partial charge in [0.2, 0.25) is 0 Å². The molecule has 0 amide bonds. The summed E-state index contributed by atoms with van der Waals surface area (Å²) in [7, 11) is 0. The SMILES string of the molecule is CC(C)OCC1(C#N)CCC1. The molecular weight excluding hydrogens is 138 g/mol. The first-order valence-corrected chi connectivity index (χ1v) is 4.21. The highest BCUT2D eigenvalue weighted by Crippen LogP contribution is 2.40. The molecule has 0 aromatic heterocycles. The van der Waals surface area contributed by atoms with Crippen LogP contribution in [0.2, 0.25) is 0 Å². The third kappa shape index (κ3) is 1.94. The van der Waals surface area contributed by atoms with Gasteiger partial charge in [0.05, 0.1) is 24.2 Å². The van der Waals surface area contributed by atoms with E-state index in [4.69, 9.17) is 10.00 Å². The Balaban J connectivity index is 2.29. The van der Waals surface area contributed by atoms with Gasteiger partial charge in [-0.25, -0.2) is 0 Å². The first-order valence-electron chi connectivity index (χ1n) is 4.21. The summed E-state index contributed by atoms with van der Waals surface area (Å²) in [4.78, 5) is 0. The molecule has 0 N–H and O–H groups in total. The number of hydrogen-bond acceptors (Lipinski definition) is 2. The van der Waals surface area contributed by atoms with Gasteiger partial charge in [0.25, 0.3) is 0 Å². The van der Waals surface area contributed by atoms with Crippen molar-refractivity contribution in [3.8, 4) is 6.07 Å². The maximum absolute atomic E-state index is 8.82. The predicted octanol–water partition coefficient (Wildman–Crippen LogP) is 2.11. The average molecular weight is 153 g/mol. The molecule has 0 radical (unpaired) electrons. The molecule has 1 fully saturated rings. The predicted molar refractivity (Wildman–Crippen MR) is 43.0 cm³/mol. The minimum absolute atomic E-state index is 0.121. The Bertz CT molecular complexity index is 165. The van der Waals surface area contributed by atoms with E-state index in [0.717, 1.165) is 12.8 Å². The van der Waals surface area contributed by atoms with E-state index in [2.05, 4.69) is 6.07 Å². The van der Waals surface area contributed by atoms with Gasteiger partial charge >= 0.3 is 0 Å². The zero-order valence-electron chi connectivity index (χ0n) is 7.26. The van der Waals surface area contributed by atoms with Crippen molar-refractivity contribution in [3.05, 3.63) is 0 Å². The van der Waals surface area contributed by atoms with E-state index in [1.54, 1.807) is 0 Å². The molecule has 1 aliphatic carbocycles. The number of nitrogens with zero attached hydrogens (tertiary/aromatic N) is 1. The Morgan fingerprint density at radius 1 is 1.55 bits per heavy atom. The summed E-state index contributed by atoms with van der Waals surface area (Å²) in [6.07, 6.45) is 3.49. The Morgan fingerprint density at radius 3 is 2.45 bits per heavy atom. The molecule has 0 unspecified atom stereocenters. The number of hydrogen-bond donors (Lipinski definition) is 0. The largest absolute Gasteiger partial charge is 0.377 e. The van der Waals surface area contributed by atoms with Crippen molar-refractivity contribution in [1.29, 1.82) is 5.26 Å². The van der Waals surface area contributed by atoms with Crippen molar-refractivity contribution in [2.24, 2.45) is 5.41 Å². The van der Waals surface area contributed by atoms with Crippen LogP contribution in [0.25, 0.3) is 0 Å². The second-order valence-corrected chi connectivity index (χ2v) is 3.61. The summed E-state index contributed by atoms with van der Waals surface area (Å²) in [5, 5.41) is 8.82. The van der Waals surface area contributed by atoms with Crippen LogP contribution in [-0.4, -0.2) is 12.7 Å². The average Bonchev–Trinajstić information content (AvgIpc) is 1.86. The molecule has 62 valence electrons. The van der Waals surface area contributed by atoms with Crippen LogP contribution >= 0.6 is 0 Å². The Labute approximate surface area is 68.2 Å². The molecule has 1 rings (SSSR count). The molecule has 0 aliphatic heterocycles. The van der Waals surface area contributed by atoms with Crippen LogP contribution in [0, 0.1) is 16.7 Å². The molecule has 2 nitrogen and oxygen atoms in total. The van der Waals surface area contributed by atoms with Crippen LogP contribution in [0.15, 0.2) is 0 Å². The van der Waals surface area contributed by atoms with Crippen molar-refractivity contribution in [2.75, 3.05) is 6.61 Å². The van der Waals surface area contributed by atoms with Crippen LogP contribution < -0.4 is 0 Å². The topological polar surface area (TPSA) is 33.0 Å². The van der Waals surface area contributed by atoms with Crippen LogP contribution in [0.5, 0.6) is 0 Å². The van der Waals surface area contributed by atoms with Crippen molar-refractivity contribution < 1.29 is 4.74 Å². The molecule has 0 saturated heterocycles. The van der Waals surface area contributed by atoms with Gasteiger partial charge in [0.15, 0.2) is 0 Å². The summed E-state index contributed by atoms with van der Waals surface area (Å²) >= 11 is 0. The third-order valence-electron chi connectivity index (χ3n) is 2.24. The second kappa shape index (κ2) is 3.23. The normalized spacial score (nSPS) is 20.9. The fourth-order valence-corrected chi connectivity index (χ4v) is 1.22. The highest BCUT2D eigenvalue weighted by molar-refractivity contribution is 5.04. The van der Waals surface area contributed by atoms with Crippen molar-refractivity contribution in [2.45, 2.75) is 39.2 Å². The lowest BCUT2D eigenvalue weighted by Gasteiger charge is -2.35. The summed E-state index contributed by atoms with van der Waals surface area (Å²) in [6.45, 7) is 4.63. The van der Waals surface area contributed by atoms with Gasteiger partial charge in [-0.3, -0.25) is 0 Å². The summed E-state index contributed by atoms with van der Waals surface area (Å²) in [5.74, 6) is 0. The number of rotatable bonds is 3. The molecule has 0 bridgehead atoms. The van der Waals surface area contributed by atoms with Crippen molar-refractivity contribution in [3.63, 3.8) is 0 Å². The lowest BCUT2D eigenvalue weighted by Crippen LogP contribution is -2.33. The van der Waals surface area contributed by atoms with E-state index in [-0.39, 0.29) is 11.5 Å². The fourth-order valence-electron chi connectivity index (χ4n) is 1.22. The van der Waals surface area contributed by atoms with Gasteiger partial charge in [0, 0.05) is 0 Å². The third-order valence-corrected chi connectivity index (χ3v) is 2.24. The zero-order valence-corrected chi connectivity index (χ0v) is 7.26. The highest BCUT2D eigenvalue weighted by atomic mass is 16.5. The van der Waals surface area contributed by atoms with Gasteiger partial charge in [0.1, 0.15) is 0 Å². The summed E-state index contributed by atoms with van der Waals surface area (Å²) in [6, 6.07) is 2.35. The molecule has 1 saturated carbocycles. The Morgan fingerprint density at radius 2 is 2.18 bits per heavy atom. The van der Waals surface area contributed by atoms with E-state index in [0.29, 0.717) is 6.61 Å². The zero-order chi connectivity index (χ0) is 8.32. The quantitative estimate of drug-likeness (QED) is 0.622. The number of ether oxygens (including phenoxy) is 1. The molecule has 11 heavy (non-hydrogen) atoms. The highest BCUT2D eigenvalue weighted by Gasteiger charge is 2.37. The minimum Gasteiger partial charge on any atom is -0.377 e. The van der Waals surface area contributed by atoms with E-state index < -0.39 is 0 Å².